The van der Waals surface area contributed by atoms with E-state index < -0.39 is 0 Å². The van der Waals surface area contributed by atoms with E-state index in [0.717, 1.165) is 52.9 Å². The van der Waals surface area contributed by atoms with Crippen molar-refractivity contribution >= 4 is 5.65 Å². The summed E-state index contributed by atoms with van der Waals surface area (Å²) in [5.74, 6) is 2.49. The summed E-state index contributed by atoms with van der Waals surface area (Å²) in [4.78, 5) is 7.01. The summed E-state index contributed by atoms with van der Waals surface area (Å²) in [6.07, 6.45) is 0.657. The van der Waals surface area contributed by atoms with Crippen LogP contribution in [0.2, 0.25) is 0 Å². The van der Waals surface area contributed by atoms with E-state index >= 15 is 0 Å². The molecular weight excluding hydrogens is 448 g/mol. The van der Waals surface area contributed by atoms with Gasteiger partial charge < -0.3 is 9.47 Å². The fourth-order valence-electron chi connectivity index (χ4n) is 4.18. The number of rotatable bonds is 10. The lowest BCUT2D eigenvalue weighted by Gasteiger charge is -2.17. The Morgan fingerprint density at radius 1 is 0.778 bits per heavy atom. The van der Waals surface area contributed by atoms with E-state index in [4.69, 9.17) is 19.6 Å². The first kappa shape index (κ1) is 23.6. The maximum Gasteiger partial charge on any atom is 0.156 e. The number of hydrogen-bond donors (Lipinski definition) is 0. The first-order valence-corrected chi connectivity index (χ1v) is 12.1. The van der Waals surface area contributed by atoms with Crippen LogP contribution in [0.1, 0.15) is 17.0 Å². The Balaban J connectivity index is 1.19. The van der Waals surface area contributed by atoms with Crippen LogP contribution in [-0.2, 0) is 13.0 Å². The second-order valence-corrected chi connectivity index (χ2v) is 8.83. The molecule has 6 nitrogen and oxygen atoms in total. The van der Waals surface area contributed by atoms with E-state index in [2.05, 4.69) is 54.4 Å². The Labute approximate surface area is 211 Å². The van der Waals surface area contributed by atoms with E-state index in [9.17, 15) is 0 Å². The largest absolute Gasteiger partial charge is 0.497 e. The Bertz CT molecular complexity index is 1400. The highest BCUT2D eigenvalue weighted by Crippen LogP contribution is 2.23. The average molecular weight is 479 g/mol. The average Bonchev–Trinajstić information content (AvgIpc) is 3.33. The van der Waals surface area contributed by atoms with Gasteiger partial charge in [0, 0.05) is 25.1 Å². The number of likely N-dealkylation sites (N-methyl/N-ethyl adjacent to an activating group) is 1. The van der Waals surface area contributed by atoms with Gasteiger partial charge in [0.05, 0.1) is 12.8 Å². The van der Waals surface area contributed by atoms with Crippen LogP contribution >= 0.6 is 0 Å². The molecule has 0 saturated heterocycles. The lowest BCUT2D eigenvalue weighted by molar-refractivity contribution is 0.233. The van der Waals surface area contributed by atoms with E-state index in [1.807, 2.05) is 59.1 Å². The van der Waals surface area contributed by atoms with Gasteiger partial charge in [0.25, 0.3) is 0 Å². The van der Waals surface area contributed by atoms with Crippen LogP contribution in [0.4, 0.5) is 0 Å². The van der Waals surface area contributed by atoms with Crippen molar-refractivity contribution in [2.75, 3.05) is 27.3 Å². The molecule has 0 saturated carbocycles. The van der Waals surface area contributed by atoms with Crippen LogP contribution in [0.15, 0.2) is 97.1 Å². The molecule has 0 fully saturated rings. The van der Waals surface area contributed by atoms with Crippen molar-refractivity contribution in [3.05, 3.63) is 114 Å². The number of ether oxygens (including phenoxy) is 2. The molecule has 3 aromatic carbocycles. The van der Waals surface area contributed by atoms with Crippen molar-refractivity contribution in [3.8, 4) is 22.8 Å². The van der Waals surface area contributed by atoms with Crippen molar-refractivity contribution in [2.45, 2.75) is 13.0 Å². The van der Waals surface area contributed by atoms with Crippen molar-refractivity contribution in [3.63, 3.8) is 0 Å². The molecule has 0 N–H and O–H groups in total. The zero-order valence-corrected chi connectivity index (χ0v) is 20.7. The van der Waals surface area contributed by atoms with Gasteiger partial charge in [0.2, 0.25) is 0 Å². The quantitative estimate of drug-likeness (QED) is 0.265. The number of fused-ring (bicyclic) bond motifs is 1. The molecule has 0 spiro atoms. The molecule has 0 unspecified atom stereocenters. The summed E-state index contributed by atoms with van der Waals surface area (Å²) < 4.78 is 13.1. The molecule has 0 amide bonds. The normalized spacial score (nSPS) is 11.2. The predicted molar refractivity (Wildman–Crippen MR) is 142 cm³/mol. The highest BCUT2D eigenvalue weighted by atomic mass is 16.5. The van der Waals surface area contributed by atoms with Gasteiger partial charge in [-0.3, -0.25) is 4.90 Å². The zero-order chi connectivity index (χ0) is 24.7. The molecule has 2 aromatic heterocycles. The summed E-state index contributed by atoms with van der Waals surface area (Å²) in [5.41, 5.74) is 5.34. The number of aromatic nitrogens is 3. The highest BCUT2D eigenvalue weighted by Gasteiger charge is 2.10. The third kappa shape index (κ3) is 5.73. The predicted octanol–water partition coefficient (Wildman–Crippen LogP) is 5.51. The number of benzene rings is 3. The highest BCUT2D eigenvalue weighted by molar-refractivity contribution is 5.63. The standard InChI is InChI=1S/C30H30N4O2/c1-33(22-24-7-4-3-5-8-24)19-20-36-27-15-11-23(12-16-27)21-29-31-30-10-6-9-28(34(30)32-29)25-13-17-26(35-2)18-14-25/h3-18H,19-22H2,1-2H3. The summed E-state index contributed by atoms with van der Waals surface area (Å²) in [5, 5.41) is 4.79. The van der Waals surface area contributed by atoms with Gasteiger partial charge in [0.1, 0.15) is 18.1 Å². The van der Waals surface area contributed by atoms with Crippen LogP contribution in [0, 0.1) is 0 Å². The zero-order valence-electron chi connectivity index (χ0n) is 20.7. The molecule has 36 heavy (non-hydrogen) atoms. The van der Waals surface area contributed by atoms with Crippen molar-refractivity contribution in [1.29, 1.82) is 0 Å². The van der Waals surface area contributed by atoms with Gasteiger partial charge in [-0.1, -0.05) is 48.5 Å². The Morgan fingerprint density at radius 3 is 2.28 bits per heavy atom. The molecule has 2 heterocycles. The number of nitrogens with zero attached hydrogens (tertiary/aromatic N) is 4. The van der Waals surface area contributed by atoms with E-state index in [-0.39, 0.29) is 0 Å². The smallest absolute Gasteiger partial charge is 0.156 e. The molecule has 0 aliphatic rings. The Morgan fingerprint density at radius 2 is 1.53 bits per heavy atom. The SMILES string of the molecule is COc1ccc(-c2cccc3nc(Cc4ccc(OCCN(C)Cc5ccccc5)cc4)nn23)cc1. The fourth-order valence-corrected chi connectivity index (χ4v) is 4.18. The summed E-state index contributed by atoms with van der Waals surface area (Å²) in [7, 11) is 3.78. The monoisotopic (exact) mass is 478 g/mol. The maximum atomic E-state index is 5.96. The minimum absolute atomic E-state index is 0.644. The van der Waals surface area contributed by atoms with Crippen LogP contribution in [0.3, 0.4) is 0 Å². The summed E-state index contributed by atoms with van der Waals surface area (Å²) >= 11 is 0. The molecule has 182 valence electrons. The number of pyridine rings is 1. The van der Waals surface area contributed by atoms with Crippen molar-refractivity contribution in [1.82, 2.24) is 19.5 Å². The minimum Gasteiger partial charge on any atom is -0.497 e. The van der Waals surface area contributed by atoms with E-state index in [1.54, 1.807) is 7.11 Å². The van der Waals surface area contributed by atoms with E-state index in [0.29, 0.717) is 13.0 Å². The Kier molecular flexibility index (Phi) is 7.24. The van der Waals surface area contributed by atoms with Crippen LogP contribution in [-0.4, -0.2) is 46.8 Å². The van der Waals surface area contributed by atoms with Crippen LogP contribution in [0.5, 0.6) is 11.5 Å². The third-order valence-corrected chi connectivity index (χ3v) is 6.11. The van der Waals surface area contributed by atoms with E-state index in [1.165, 1.54) is 5.56 Å². The first-order valence-electron chi connectivity index (χ1n) is 12.1. The van der Waals surface area contributed by atoms with Crippen LogP contribution in [0.25, 0.3) is 16.9 Å². The first-order chi connectivity index (χ1) is 17.7. The maximum absolute atomic E-state index is 5.96. The van der Waals surface area contributed by atoms with Gasteiger partial charge in [-0.05, 0) is 66.7 Å². The lowest BCUT2D eigenvalue weighted by atomic mass is 10.1. The Hall–Kier alpha value is -4.16. The molecule has 0 aliphatic carbocycles. The second kappa shape index (κ2) is 11.1. The van der Waals surface area contributed by atoms with Gasteiger partial charge in [-0.25, -0.2) is 9.50 Å². The van der Waals surface area contributed by atoms with Crippen molar-refractivity contribution in [2.24, 2.45) is 0 Å². The fraction of sp³-hybridized carbons (Fsp3) is 0.200. The molecule has 0 radical (unpaired) electrons. The molecule has 0 atom stereocenters. The summed E-state index contributed by atoms with van der Waals surface area (Å²) in [6, 6.07) is 32.7. The van der Waals surface area contributed by atoms with Gasteiger partial charge in [0.15, 0.2) is 11.5 Å². The third-order valence-electron chi connectivity index (χ3n) is 6.11. The molecule has 0 bridgehead atoms. The summed E-state index contributed by atoms with van der Waals surface area (Å²) in [6.45, 7) is 2.42. The minimum atomic E-state index is 0.644. The topological polar surface area (TPSA) is 51.9 Å². The molecule has 0 aliphatic heterocycles. The second-order valence-electron chi connectivity index (χ2n) is 8.83. The van der Waals surface area contributed by atoms with Gasteiger partial charge in [-0.2, -0.15) is 5.10 Å². The number of methoxy groups -OCH3 is 1. The van der Waals surface area contributed by atoms with Gasteiger partial charge >= 0.3 is 0 Å². The van der Waals surface area contributed by atoms with Crippen LogP contribution < -0.4 is 9.47 Å². The molecule has 5 rings (SSSR count). The molecule has 6 heteroatoms. The molecule has 5 aromatic rings. The van der Waals surface area contributed by atoms with Gasteiger partial charge in [-0.15, -0.1) is 0 Å². The molecular formula is C30H30N4O2. The van der Waals surface area contributed by atoms with Crippen molar-refractivity contribution < 1.29 is 9.47 Å². The lowest BCUT2D eigenvalue weighted by Crippen LogP contribution is -2.23. The number of hydrogen-bond acceptors (Lipinski definition) is 5.